The van der Waals surface area contributed by atoms with Crippen LogP contribution in [0.5, 0.6) is 5.75 Å². The largest absolute Gasteiger partial charge is 0.507 e. The molecule has 7 nitrogen and oxygen atoms in total. The summed E-state index contributed by atoms with van der Waals surface area (Å²) in [5, 5.41) is 22.5. The lowest BCUT2D eigenvalue weighted by atomic mass is 10.0. The molecule has 0 saturated heterocycles. The third kappa shape index (κ3) is 4.45. The van der Waals surface area contributed by atoms with Gasteiger partial charge in [-0.2, -0.15) is 0 Å². The van der Waals surface area contributed by atoms with Crippen LogP contribution in [0.25, 0.3) is 11.0 Å². The monoisotopic (exact) mass is 395 g/mol. The van der Waals surface area contributed by atoms with E-state index in [1.807, 2.05) is 6.07 Å². The van der Waals surface area contributed by atoms with Crippen molar-refractivity contribution in [2.24, 2.45) is 0 Å². The minimum absolute atomic E-state index is 0.0459. The maximum Gasteiger partial charge on any atom is 0.340 e. The smallest absolute Gasteiger partial charge is 0.340 e. The molecule has 0 aliphatic heterocycles. The molecule has 0 aliphatic rings. The van der Waals surface area contributed by atoms with Crippen LogP contribution in [0, 0.1) is 13.8 Å². The molecule has 0 fully saturated rings. The van der Waals surface area contributed by atoms with Crippen LogP contribution >= 0.6 is 0 Å². The number of hydrogen-bond acceptors (Lipinski definition) is 5. The summed E-state index contributed by atoms with van der Waals surface area (Å²) in [4.78, 5) is 36.4. The van der Waals surface area contributed by atoms with Gasteiger partial charge in [-0.25, -0.2) is 9.59 Å². The van der Waals surface area contributed by atoms with Crippen LogP contribution in [0.15, 0.2) is 51.7 Å². The van der Waals surface area contributed by atoms with Gasteiger partial charge in [-0.15, -0.1) is 0 Å². The predicted molar refractivity (Wildman–Crippen MR) is 107 cm³/mol. The van der Waals surface area contributed by atoms with Crippen LogP contribution < -0.4 is 10.9 Å². The highest BCUT2D eigenvalue weighted by molar-refractivity contribution is 5.90. The van der Waals surface area contributed by atoms with Gasteiger partial charge in [0.05, 0.1) is 17.4 Å². The van der Waals surface area contributed by atoms with Crippen molar-refractivity contribution in [1.82, 2.24) is 5.32 Å². The van der Waals surface area contributed by atoms with E-state index in [0.717, 1.165) is 11.1 Å². The number of hydrogen-bond donors (Lipinski definition) is 3. The Morgan fingerprint density at radius 1 is 1.14 bits per heavy atom. The predicted octanol–water partition coefficient (Wildman–Crippen LogP) is 2.47. The summed E-state index contributed by atoms with van der Waals surface area (Å²) in [6, 6.07) is 11.0. The van der Waals surface area contributed by atoms with Crippen LogP contribution in [-0.4, -0.2) is 28.1 Å². The Hall–Kier alpha value is -3.61. The Bertz CT molecular complexity index is 1130. The zero-order valence-electron chi connectivity index (χ0n) is 16.1. The minimum Gasteiger partial charge on any atom is -0.507 e. The van der Waals surface area contributed by atoms with Crippen molar-refractivity contribution < 1.29 is 24.2 Å². The number of aliphatic carboxylic acids is 1. The number of fused-ring (bicyclic) bond motifs is 1. The van der Waals surface area contributed by atoms with E-state index in [9.17, 15) is 24.6 Å². The number of amides is 1. The fourth-order valence-electron chi connectivity index (χ4n) is 3.32. The molecule has 150 valence electrons. The second-order valence-corrected chi connectivity index (χ2v) is 6.98. The maximum atomic E-state index is 12.5. The van der Waals surface area contributed by atoms with Crippen LogP contribution in [0.2, 0.25) is 0 Å². The number of phenolic OH excluding ortho intramolecular Hbond substituents is 1. The SMILES string of the molecule is Cc1cc(O)c2c(C)c(CC(=O)N[C@@H](Cc3ccccc3)C(=O)O)c(=O)oc2c1. The van der Waals surface area contributed by atoms with Crippen molar-refractivity contribution in [3.05, 3.63) is 75.1 Å². The molecule has 29 heavy (non-hydrogen) atoms. The van der Waals surface area contributed by atoms with Gasteiger partial charge in [-0.3, -0.25) is 4.79 Å². The van der Waals surface area contributed by atoms with Crippen LogP contribution in [-0.2, 0) is 22.4 Å². The van der Waals surface area contributed by atoms with Gasteiger partial charge in [0.25, 0.3) is 0 Å². The minimum atomic E-state index is -1.17. The summed E-state index contributed by atoms with van der Waals surface area (Å²) in [6.07, 6.45) is -0.233. The lowest BCUT2D eigenvalue weighted by Crippen LogP contribution is -2.43. The lowest BCUT2D eigenvalue weighted by molar-refractivity contribution is -0.141. The second-order valence-electron chi connectivity index (χ2n) is 6.98. The van der Waals surface area contributed by atoms with E-state index in [1.54, 1.807) is 50.2 Å². The fourth-order valence-corrected chi connectivity index (χ4v) is 3.32. The molecule has 0 saturated carbocycles. The van der Waals surface area contributed by atoms with Gasteiger partial charge in [0.1, 0.15) is 17.4 Å². The Morgan fingerprint density at radius 2 is 1.83 bits per heavy atom. The highest BCUT2D eigenvalue weighted by atomic mass is 16.4. The van der Waals surface area contributed by atoms with Crippen LogP contribution in [0.4, 0.5) is 0 Å². The number of carboxylic acids is 1. The molecule has 0 aliphatic carbocycles. The molecule has 3 N–H and O–H groups in total. The molecule has 2 aromatic carbocycles. The fraction of sp³-hybridized carbons (Fsp3) is 0.227. The zero-order chi connectivity index (χ0) is 21.1. The van der Waals surface area contributed by atoms with Gasteiger partial charge >= 0.3 is 11.6 Å². The number of carbonyl (C=O) groups is 2. The first-order valence-corrected chi connectivity index (χ1v) is 9.08. The Kier molecular flexibility index (Phi) is 5.68. The van der Waals surface area contributed by atoms with E-state index < -0.39 is 23.5 Å². The topological polar surface area (TPSA) is 117 Å². The van der Waals surface area contributed by atoms with Gasteiger partial charge in [0.15, 0.2) is 0 Å². The molecule has 7 heteroatoms. The Balaban J connectivity index is 1.85. The van der Waals surface area contributed by atoms with Gasteiger partial charge < -0.3 is 19.9 Å². The molecule has 1 heterocycles. The first kappa shape index (κ1) is 20.1. The summed E-state index contributed by atoms with van der Waals surface area (Å²) in [5.74, 6) is -1.83. The average molecular weight is 395 g/mol. The molecular weight excluding hydrogens is 374 g/mol. The number of carbonyl (C=O) groups excluding carboxylic acids is 1. The van der Waals surface area contributed by atoms with Crippen molar-refractivity contribution >= 4 is 22.8 Å². The highest BCUT2D eigenvalue weighted by Crippen LogP contribution is 2.29. The third-order valence-corrected chi connectivity index (χ3v) is 4.76. The quantitative estimate of drug-likeness (QED) is 0.552. The van der Waals surface area contributed by atoms with E-state index in [4.69, 9.17) is 4.42 Å². The van der Waals surface area contributed by atoms with Gasteiger partial charge in [-0.05, 0) is 42.7 Å². The van der Waals surface area contributed by atoms with Crippen molar-refractivity contribution in [2.75, 3.05) is 0 Å². The molecular formula is C22H21NO6. The normalized spacial score (nSPS) is 11.9. The number of carboxylic acid groups (broad SMARTS) is 1. The number of aryl methyl sites for hydroxylation is 2. The van der Waals surface area contributed by atoms with Crippen molar-refractivity contribution in [3.63, 3.8) is 0 Å². The third-order valence-electron chi connectivity index (χ3n) is 4.76. The number of phenols is 1. The van der Waals surface area contributed by atoms with E-state index in [2.05, 4.69) is 5.32 Å². The molecule has 0 spiro atoms. The van der Waals surface area contributed by atoms with E-state index >= 15 is 0 Å². The molecule has 0 bridgehead atoms. The molecule has 3 rings (SSSR count). The number of aromatic hydroxyl groups is 1. The number of benzene rings is 2. The van der Waals surface area contributed by atoms with Crippen LogP contribution in [0.1, 0.15) is 22.3 Å². The lowest BCUT2D eigenvalue weighted by Gasteiger charge is -2.15. The molecule has 0 radical (unpaired) electrons. The zero-order valence-corrected chi connectivity index (χ0v) is 16.1. The highest BCUT2D eigenvalue weighted by Gasteiger charge is 2.23. The molecule has 1 aromatic heterocycles. The van der Waals surface area contributed by atoms with Gasteiger partial charge in [0.2, 0.25) is 5.91 Å². The Morgan fingerprint density at radius 3 is 2.48 bits per heavy atom. The summed E-state index contributed by atoms with van der Waals surface area (Å²) < 4.78 is 5.27. The first-order chi connectivity index (χ1) is 13.8. The first-order valence-electron chi connectivity index (χ1n) is 9.08. The second kappa shape index (κ2) is 8.18. The van der Waals surface area contributed by atoms with E-state index in [-0.39, 0.29) is 29.7 Å². The summed E-state index contributed by atoms with van der Waals surface area (Å²) in [7, 11) is 0. The van der Waals surface area contributed by atoms with Crippen LogP contribution in [0.3, 0.4) is 0 Å². The summed E-state index contributed by atoms with van der Waals surface area (Å²) in [6.45, 7) is 3.38. The van der Waals surface area contributed by atoms with Crippen molar-refractivity contribution in [2.45, 2.75) is 32.7 Å². The van der Waals surface area contributed by atoms with Gasteiger partial charge in [0, 0.05) is 6.42 Å². The number of rotatable bonds is 6. The van der Waals surface area contributed by atoms with Crippen molar-refractivity contribution in [3.8, 4) is 5.75 Å². The average Bonchev–Trinajstić information content (AvgIpc) is 2.64. The number of nitrogens with one attached hydrogen (secondary N) is 1. The Labute approximate surface area is 166 Å². The molecule has 1 amide bonds. The summed E-state index contributed by atoms with van der Waals surface area (Å²) >= 11 is 0. The maximum absolute atomic E-state index is 12.5. The van der Waals surface area contributed by atoms with Gasteiger partial charge in [-0.1, -0.05) is 30.3 Å². The van der Waals surface area contributed by atoms with E-state index in [0.29, 0.717) is 10.9 Å². The summed E-state index contributed by atoms with van der Waals surface area (Å²) in [5.41, 5.74) is 1.55. The standard InChI is InChI=1S/C22H21NO6/c1-12-8-17(24)20-13(2)15(22(28)29-18(20)9-12)11-19(25)23-16(21(26)27)10-14-6-4-3-5-7-14/h3-9,16,24H,10-11H2,1-2H3,(H,23,25)(H,26,27)/t16-/m0/s1. The van der Waals surface area contributed by atoms with Crippen molar-refractivity contribution in [1.29, 1.82) is 0 Å². The molecule has 0 unspecified atom stereocenters. The molecule has 1 atom stereocenters. The molecule has 3 aromatic rings. The van der Waals surface area contributed by atoms with E-state index in [1.165, 1.54) is 0 Å².